The molecule has 570 valence electrons. The molecule has 3 unspecified atom stereocenters. The molecule has 0 aromatic rings. The van der Waals surface area contributed by atoms with Crippen molar-refractivity contribution in [1.82, 2.24) is 0 Å². The lowest BCUT2D eigenvalue weighted by Gasteiger charge is -2.21. The van der Waals surface area contributed by atoms with Gasteiger partial charge in [-0.1, -0.05) is 350 Å². The molecule has 0 rings (SSSR count). The molecule has 0 bridgehead atoms. The fourth-order valence-electron chi connectivity index (χ4n) is 11.8. The van der Waals surface area contributed by atoms with E-state index in [0.717, 1.165) is 102 Å². The van der Waals surface area contributed by atoms with Crippen LogP contribution in [0.2, 0.25) is 0 Å². The van der Waals surface area contributed by atoms with E-state index < -0.39 is 97.5 Å². The molecular formula is C77H150O17P2. The van der Waals surface area contributed by atoms with Crippen molar-refractivity contribution in [3.05, 3.63) is 0 Å². The molecule has 0 saturated carbocycles. The summed E-state index contributed by atoms with van der Waals surface area (Å²) in [5.74, 6) is -0.576. The van der Waals surface area contributed by atoms with Crippen LogP contribution >= 0.6 is 15.6 Å². The quantitative estimate of drug-likeness (QED) is 0.0222. The number of ether oxygens (including phenoxy) is 4. The van der Waals surface area contributed by atoms with Crippen molar-refractivity contribution >= 4 is 39.5 Å². The molecule has 0 radical (unpaired) electrons. The molecule has 0 aliphatic heterocycles. The predicted octanol–water partition coefficient (Wildman–Crippen LogP) is 22.7. The van der Waals surface area contributed by atoms with Crippen molar-refractivity contribution < 1.29 is 80.2 Å². The fraction of sp³-hybridized carbons (Fsp3) is 0.948. The van der Waals surface area contributed by atoms with E-state index in [4.69, 9.17) is 37.0 Å². The summed E-state index contributed by atoms with van der Waals surface area (Å²) in [4.78, 5) is 72.8. The maximum atomic E-state index is 13.1. The predicted molar refractivity (Wildman–Crippen MR) is 391 cm³/mol. The molecule has 0 saturated heterocycles. The second-order valence-electron chi connectivity index (χ2n) is 28.5. The summed E-state index contributed by atoms with van der Waals surface area (Å²) in [6.45, 7) is 9.58. The first-order valence-electron chi connectivity index (χ1n) is 40.0. The molecule has 0 aromatic carbocycles. The van der Waals surface area contributed by atoms with Crippen molar-refractivity contribution in [2.24, 2.45) is 11.8 Å². The first-order chi connectivity index (χ1) is 46.4. The molecule has 0 fully saturated rings. The van der Waals surface area contributed by atoms with Gasteiger partial charge in [0.15, 0.2) is 12.2 Å². The van der Waals surface area contributed by atoms with Gasteiger partial charge in [0.05, 0.1) is 26.4 Å². The molecule has 0 aliphatic rings. The summed E-state index contributed by atoms with van der Waals surface area (Å²) in [5, 5.41) is 10.6. The third-order valence-electron chi connectivity index (χ3n) is 18.3. The van der Waals surface area contributed by atoms with E-state index in [1.165, 1.54) is 218 Å². The molecule has 0 heterocycles. The monoisotopic (exact) mass is 1410 g/mol. The average molecular weight is 1410 g/mol. The van der Waals surface area contributed by atoms with Gasteiger partial charge in [-0.25, -0.2) is 9.13 Å². The normalized spacial score (nSPS) is 14.3. The Labute approximate surface area is 588 Å². The van der Waals surface area contributed by atoms with Crippen molar-refractivity contribution in [2.45, 2.75) is 419 Å². The van der Waals surface area contributed by atoms with Crippen LogP contribution in [0.5, 0.6) is 0 Å². The maximum absolute atomic E-state index is 13.1. The zero-order chi connectivity index (χ0) is 70.7. The second-order valence-corrected chi connectivity index (χ2v) is 31.4. The zero-order valence-electron chi connectivity index (χ0n) is 62.7. The van der Waals surface area contributed by atoms with Gasteiger partial charge in [0.25, 0.3) is 0 Å². The SMILES string of the molecule is CCCCCCCCCCCCCCCCCC(=O)OC[C@H](COP(=O)(O)OC[C@@H](O)COP(=O)(O)OC[C@@H](COC(=O)CCCCCCCCCCCC)OC(=O)CCCCCCCCC(C)CC)OC(=O)CCCCCCCCCCCCCCCCCCCCC(C)C. The Morgan fingerprint density at radius 3 is 0.792 bits per heavy atom. The molecule has 0 amide bonds. The average Bonchev–Trinajstić information content (AvgIpc) is 1.12. The van der Waals surface area contributed by atoms with Crippen molar-refractivity contribution in [3.63, 3.8) is 0 Å². The molecule has 19 heteroatoms. The van der Waals surface area contributed by atoms with Crippen molar-refractivity contribution in [3.8, 4) is 0 Å². The standard InChI is InChI=1S/C77H150O17P2/c1-7-10-12-14-16-18-20-21-26-30-33-37-41-48-54-60-75(80)87-65-72(93-76(81)61-55-49-42-38-34-31-28-25-23-22-24-27-29-32-35-39-45-51-57-69(4)5)67-91-95(83,84)89-63-71(78)64-90-96(85,86)92-68-73(94-77(82)62-56-50-44-43-46-52-58-70(6)9-3)66-88-74(79)59-53-47-40-36-19-17-15-13-11-8-2/h69-73,78H,7-68H2,1-6H3,(H,83,84)(H,85,86)/t70?,71-,72-,73-/m1/s1. The first-order valence-corrected chi connectivity index (χ1v) is 43.0. The third-order valence-corrected chi connectivity index (χ3v) is 20.2. The number of esters is 4. The Morgan fingerprint density at radius 2 is 0.531 bits per heavy atom. The van der Waals surface area contributed by atoms with Gasteiger partial charge in [-0.05, 0) is 37.5 Å². The van der Waals surface area contributed by atoms with Crippen molar-refractivity contribution in [1.29, 1.82) is 0 Å². The number of hydrogen-bond acceptors (Lipinski definition) is 15. The highest BCUT2D eigenvalue weighted by Crippen LogP contribution is 2.45. The van der Waals surface area contributed by atoms with Crippen LogP contribution in [0, 0.1) is 11.8 Å². The number of rotatable bonds is 76. The van der Waals surface area contributed by atoms with Crippen LogP contribution in [-0.4, -0.2) is 96.7 Å². The number of aliphatic hydroxyl groups is 1. The number of carbonyl (C=O) groups excluding carboxylic acids is 4. The summed E-state index contributed by atoms with van der Waals surface area (Å²) in [7, 11) is -9.91. The molecule has 0 spiro atoms. The van der Waals surface area contributed by atoms with Crippen LogP contribution in [0.4, 0.5) is 0 Å². The highest BCUT2D eigenvalue weighted by molar-refractivity contribution is 7.47. The Morgan fingerprint density at radius 1 is 0.302 bits per heavy atom. The van der Waals surface area contributed by atoms with E-state index in [0.29, 0.717) is 25.7 Å². The molecule has 6 atom stereocenters. The van der Waals surface area contributed by atoms with Crippen LogP contribution in [-0.2, 0) is 65.4 Å². The lowest BCUT2D eigenvalue weighted by molar-refractivity contribution is -0.161. The Kier molecular flexibility index (Phi) is 67.4. The van der Waals surface area contributed by atoms with Gasteiger partial charge < -0.3 is 33.8 Å². The van der Waals surface area contributed by atoms with Crippen LogP contribution in [0.25, 0.3) is 0 Å². The van der Waals surface area contributed by atoms with E-state index in [2.05, 4.69) is 41.5 Å². The van der Waals surface area contributed by atoms with Crippen molar-refractivity contribution in [2.75, 3.05) is 39.6 Å². The largest absolute Gasteiger partial charge is 0.472 e. The van der Waals surface area contributed by atoms with E-state index in [9.17, 15) is 43.2 Å². The molecule has 96 heavy (non-hydrogen) atoms. The van der Waals surface area contributed by atoms with Crippen LogP contribution in [0.15, 0.2) is 0 Å². The fourth-order valence-corrected chi connectivity index (χ4v) is 13.4. The summed E-state index contributed by atoms with van der Waals surface area (Å²) in [6.07, 6.45) is 57.0. The number of unbranched alkanes of at least 4 members (excludes halogenated alkanes) is 45. The summed E-state index contributed by atoms with van der Waals surface area (Å²) in [6, 6.07) is 0. The number of hydrogen-bond donors (Lipinski definition) is 3. The Hall–Kier alpha value is -1.94. The van der Waals surface area contributed by atoms with Gasteiger partial charge in [-0.2, -0.15) is 0 Å². The van der Waals surface area contributed by atoms with Gasteiger partial charge in [0.1, 0.15) is 19.3 Å². The second kappa shape index (κ2) is 68.8. The molecule has 0 aromatic heterocycles. The zero-order valence-corrected chi connectivity index (χ0v) is 64.5. The Bertz CT molecular complexity index is 1860. The van der Waals surface area contributed by atoms with E-state index in [-0.39, 0.29) is 25.7 Å². The van der Waals surface area contributed by atoms with E-state index in [1.807, 2.05) is 0 Å². The number of aliphatic hydroxyl groups excluding tert-OH is 1. The smallest absolute Gasteiger partial charge is 0.462 e. The Balaban J connectivity index is 5.20. The number of phosphoric ester groups is 2. The van der Waals surface area contributed by atoms with Gasteiger partial charge in [0, 0.05) is 25.7 Å². The van der Waals surface area contributed by atoms with Gasteiger partial charge in [0.2, 0.25) is 0 Å². The maximum Gasteiger partial charge on any atom is 0.472 e. The number of phosphoric acid groups is 2. The topological polar surface area (TPSA) is 237 Å². The molecule has 3 N–H and O–H groups in total. The lowest BCUT2D eigenvalue weighted by Crippen LogP contribution is -2.30. The third kappa shape index (κ3) is 69.2. The molecule has 17 nitrogen and oxygen atoms in total. The minimum Gasteiger partial charge on any atom is -0.462 e. The summed E-state index contributed by atoms with van der Waals surface area (Å²) < 4.78 is 68.5. The van der Waals surface area contributed by atoms with Gasteiger partial charge >= 0.3 is 39.5 Å². The van der Waals surface area contributed by atoms with Gasteiger partial charge in [-0.3, -0.25) is 37.3 Å². The summed E-state index contributed by atoms with van der Waals surface area (Å²) in [5.41, 5.74) is 0. The van der Waals surface area contributed by atoms with Crippen LogP contribution in [0.1, 0.15) is 401 Å². The van der Waals surface area contributed by atoms with Crippen LogP contribution in [0.3, 0.4) is 0 Å². The first kappa shape index (κ1) is 94.1. The highest BCUT2D eigenvalue weighted by Gasteiger charge is 2.30. The van der Waals surface area contributed by atoms with Gasteiger partial charge in [-0.15, -0.1) is 0 Å². The lowest BCUT2D eigenvalue weighted by atomic mass is 10.00. The minimum absolute atomic E-state index is 0.103. The van der Waals surface area contributed by atoms with E-state index in [1.54, 1.807) is 0 Å². The summed E-state index contributed by atoms with van der Waals surface area (Å²) >= 11 is 0. The van der Waals surface area contributed by atoms with Crippen LogP contribution < -0.4 is 0 Å². The van der Waals surface area contributed by atoms with E-state index >= 15 is 0 Å². The number of carbonyl (C=O) groups is 4. The molecule has 0 aliphatic carbocycles. The molecular weight excluding hydrogens is 1260 g/mol. The minimum atomic E-state index is -4.96. The highest BCUT2D eigenvalue weighted by atomic mass is 31.2.